The van der Waals surface area contributed by atoms with E-state index in [1.165, 1.54) is 0 Å². The molecule has 0 spiro atoms. The number of esters is 1. The van der Waals surface area contributed by atoms with Gasteiger partial charge in [-0.2, -0.15) is 0 Å². The molecule has 2 aromatic rings. The third-order valence-corrected chi connectivity index (χ3v) is 4.73. The number of quaternary nitrogens is 1. The molecule has 1 atom stereocenters. The van der Waals surface area contributed by atoms with Crippen LogP contribution in [0, 0.1) is 6.92 Å². The summed E-state index contributed by atoms with van der Waals surface area (Å²) in [6, 6.07) is 3.75. The smallest absolute Gasteiger partial charge is 0.340 e. The number of rotatable bonds is 7. The maximum atomic E-state index is 12.5. The fourth-order valence-corrected chi connectivity index (χ4v) is 3.57. The van der Waals surface area contributed by atoms with E-state index in [1.807, 2.05) is 37.7 Å². The molecule has 0 fully saturated rings. The van der Waals surface area contributed by atoms with Gasteiger partial charge in [-0.25, -0.2) is 4.79 Å². The lowest BCUT2D eigenvalue weighted by Gasteiger charge is -2.16. The molecule has 0 aliphatic rings. The number of hydrogen-bond donors (Lipinski definition) is 2. The highest BCUT2D eigenvalue weighted by molar-refractivity contribution is 9.10. The van der Waals surface area contributed by atoms with Crippen LogP contribution in [0.1, 0.15) is 23.0 Å². The quantitative estimate of drug-likeness (QED) is 0.673. The molecule has 138 valence electrons. The van der Waals surface area contributed by atoms with Gasteiger partial charge < -0.3 is 24.0 Å². The molecule has 0 radical (unpaired) electrons. The van der Waals surface area contributed by atoms with Crippen LogP contribution in [-0.4, -0.2) is 56.1 Å². The summed E-state index contributed by atoms with van der Waals surface area (Å²) >= 11 is 3.50. The van der Waals surface area contributed by atoms with Crippen molar-refractivity contribution in [1.82, 2.24) is 4.57 Å². The number of aliphatic hydroxyl groups is 1. The number of hydrogen-bond acceptors (Lipinski definition) is 4. The van der Waals surface area contributed by atoms with Gasteiger partial charge in [0.2, 0.25) is 0 Å². The average molecular weight is 414 g/mol. The summed E-state index contributed by atoms with van der Waals surface area (Å²) < 4.78 is 13.4. The van der Waals surface area contributed by atoms with E-state index < -0.39 is 6.10 Å². The van der Waals surface area contributed by atoms with Gasteiger partial charge in [-0.15, -0.1) is 0 Å². The molecule has 7 heteroatoms. The van der Waals surface area contributed by atoms with Gasteiger partial charge >= 0.3 is 5.97 Å². The van der Waals surface area contributed by atoms with Crippen molar-refractivity contribution in [1.29, 1.82) is 0 Å². The van der Waals surface area contributed by atoms with Gasteiger partial charge in [0.15, 0.2) is 0 Å². The second-order valence-corrected chi connectivity index (χ2v) is 7.21. The molecule has 25 heavy (non-hydrogen) atoms. The van der Waals surface area contributed by atoms with Crippen LogP contribution in [0.4, 0.5) is 0 Å². The Morgan fingerprint density at radius 3 is 2.64 bits per heavy atom. The Labute approximate surface area is 156 Å². The summed E-state index contributed by atoms with van der Waals surface area (Å²) in [5.74, 6) is 0.286. The largest absolute Gasteiger partial charge is 0.496 e. The summed E-state index contributed by atoms with van der Waals surface area (Å²) in [6.07, 6.45) is -0.518. The SMILES string of the molecule is CCOC(=O)c1c(C)n(C[C@H](O)C[NH+](C)C)c2cc(Br)c(OC)cc12. The number of carbonyl (C=O) groups excluding carboxylic acids is 1. The van der Waals surface area contributed by atoms with E-state index in [0.717, 1.165) is 26.0 Å². The highest BCUT2D eigenvalue weighted by Gasteiger charge is 2.24. The Balaban J connectivity index is 2.62. The number of benzene rings is 1. The summed E-state index contributed by atoms with van der Waals surface area (Å²) in [7, 11) is 5.58. The minimum atomic E-state index is -0.518. The number of halogens is 1. The van der Waals surface area contributed by atoms with Gasteiger partial charge in [0.1, 0.15) is 18.4 Å². The lowest BCUT2D eigenvalue weighted by Crippen LogP contribution is -3.07. The maximum absolute atomic E-state index is 12.5. The average Bonchev–Trinajstić information content (AvgIpc) is 2.78. The van der Waals surface area contributed by atoms with E-state index in [-0.39, 0.29) is 5.97 Å². The van der Waals surface area contributed by atoms with E-state index in [2.05, 4.69) is 15.9 Å². The van der Waals surface area contributed by atoms with Crippen molar-refractivity contribution >= 4 is 32.8 Å². The number of nitrogens with one attached hydrogen (secondary N) is 1. The number of fused-ring (bicyclic) bond motifs is 1. The predicted octanol–water partition coefficient (Wildman–Crippen LogP) is 1.40. The van der Waals surface area contributed by atoms with Crippen LogP contribution in [-0.2, 0) is 11.3 Å². The molecule has 0 saturated carbocycles. The van der Waals surface area contributed by atoms with Gasteiger partial charge in [0, 0.05) is 11.1 Å². The van der Waals surface area contributed by atoms with Gasteiger partial charge in [0.05, 0.1) is 49.9 Å². The van der Waals surface area contributed by atoms with Crippen LogP contribution in [0.3, 0.4) is 0 Å². The third kappa shape index (κ3) is 4.16. The molecule has 1 aromatic carbocycles. The number of ether oxygens (including phenoxy) is 2. The molecule has 2 N–H and O–H groups in total. The second kappa shape index (κ2) is 8.21. The van der Waals surface area contributed by atoms with Crippen LogP contribution >= 0.6 is 15.9 Å². The topological polar surface area (TPSA) is 65.1 Å². The number of nitrogens with zero attached hydrogens (tertiary/aromatic N) is 1. The Morgan fingerprint density at radius 2 is 2.08 bits per heavy atom. The first-order chi connectivity index (χ1) is 11.8. The lowest BCUT2D eigenvalue weighted by molar-refractivity contribution is -0.861. The summed E-state index contributed by atoms with van der Waals surface area (Å²) in [5, 5.41) is 11.1. The monoisotopic (exact) mass is 413 g/mol. The van der Waals surface area contributed by atoms with Gasteiger partial charge in [0.25, 0.3) is 0 Å². The molecular weight excluding hydrogens is 388 g/mol. The minimum absolute atomic E-state index is 0.311. The first kappa shape index (κ1) is 19.8. The van der Waals surface area contributed by atoms with E-state index >= 15 is 0 Å². The second-order valence-electron chi connectivity index (χ2n) is 6.36. The van der Waals surface area contributed by atoms with Gasteiger partial charge in [-0.3, -0.25) is 0 Å². The molecule has 0 unspecified atom stereocenters. The normalized spacial score (nSPS) is 12.6. The Bertz CT molecular complexity index is 770. The van der Waals surface area contributed by atoms with Gasteiger partial charge in [-0.1, -0.05) is 0 Å². The number of carbonyl (C=O) groups is 1. The molecule has 2 rings (SSSR count). The van der Waals surface area contributed by atoms with Crippen molar-refractivity contribution < 1.29 is 24.3 Å². The first-order valence-corrected chi connectivity index (χ1v) is 9.09. The molecule has 1 aromatic heterocycles. The van der Waals surface area contributed by atoms with E-state index in [0.29, 0.717) is 31.0 Å². The predicted molar refractivity (Wildman–Crippen MR) is 101 cm³/mol. The Kier molecular flexibility index (Phi) is 6.48. The van der Waals surface area contributed by atoms with Crippen molar-refractivity contribution in [2.75, 3.05) is 34.4 Å². The van der Waals surface area contributed by atoms with E-state index in [4.69, 9.17) is 9.47 Å². The molecule has 6 nitrogen and oxygen atoms in total. The fourth-order valence-electron chi connectivity index (χ4n) is 3.08. The number of likely N-dealkylation sites (N-methyl/N-ethyl adjacent to an activating group) is 1. The van der Waals surface area contributed by atoms with Crippen molar-refractivity contribution in [2.45, 2.75) is 26.5 Å². The standard InChI is InChI=1S/C18H25BrN2O4/c1-6-25-18(23)17-11(2)21(10-12(22)9-20(3)4)15-8-14(19)16(24-5)7-13(15)17/h7-8,12,22H,6,9-10H2,1-5H3/p+1/t12-/m1/s1. The van der Waals surface area contributed by atoms with Crippen molar-refractivity contribution in [3.05, 3.63) is 27.9 Å². The maximum Gasteiger partial charge on any atom is 0.340 e. The van der Waals surface area contributed by atoms with E-state index in [9.17, 15) is 9.90 Å². The number of aliphatic hydroxyl groups excluding tert-OH is 1. The van der Waals surface area contributed by atoms with Crippen LogP contribution in [0.5, 0.6) is 5.75 Å². The Hall–Kier alpha value is -1.57. The van der Waals surface area contributed by atoms with Crippen LogP contribution in [0.25, 0.3) is 10.9 Å². The zero-order valence-corrected chi connectivity index (χ0v) is 16.9. The highest BCUT2D eigenvalue weighted by atomic mass is 79.9. The van der Waals surface area contributed by atoms with Crippen LogP contribution in [0.2, 0.25) is 0 Å². The van der Waals surface area contributed by atoms with Crippen molar-refractivity contribution in [2.24, 2.45) is 0 Å². The molecule has 0 bridgehead atoms. The third-order valence-electron chi connectivity index (χ3n) is 4.11. The molecule has 1 heterocycles. The van der Waals surface area contributed by atoms with Crippen LogP contribution in [0.15, 0.2) is 16.6 Å². The molecule has 0 saturated heterocycles. The van der Waals surface area contributed by atoms with Crippen LogP contribution < -0.4 is 9.64 Å². The molecule has 0 amide bonds. The summed E-state index contributed by atoms with van der Waals surface area (Å²) in [6.45, 7) is 5.00. The van der Waals surface area contributed by atoms with E-state index in [1.54, 1.807) is 14.0 Å². The Morgan fingerprint density at radius 1 is 1.40 bits per heavy atom. The van der Waals surface area contributed by atoms with Gasteiger partial charge in [-0.05, 0) is 41.9 Å². The van der Waals surface area contributed by atoms with Crippen molar-refractivity contribution in [3.8, 4) is 5.75 Å². The first-order valence-electron chi connectivity index (χ1n) is 8.30. The molecule has 0 aliphatic carbocycles. The lowest BCUT2D eigenvalue weighted by atomic mass is 10.1. The minimum Gasteiger partial charge on any atom is -0.496 e. The molecule has 0 aliphatic heterocycles. The highest BCUT2D eigenvalue weighted by Crippen LogP contribution is 2.35. The zero-order chi connectivity index (χ0) is 18.7. The fraction of sp³-hybridized carbons (Fsp3) is 0.500. The summed E-state index contributed by atoms with van der Waals surface area (Å²) in [4.78, 5) is 13.6. The van der Waals surface area contributed by atoms with Crippen molar-refractivity contribution in [3.63, 3.8) is 0 Å². The number of methoxy groups -OCH3 is 1. The number of aromatic nitrogens is 1. The zero-order valence-electron chi connectivity index (χ0n) is 15.4. The summed E-state index contributed by atoms with van der Waals surface area (Å²) in [5.41, 5.74) is 2.16. The molecular formula is C18H26BrN2O4+.